The third-order valence-electron chi connectivity index (χ3n) is 6.64. The van der Waals surface area contributed by atoms with Crippen molar-refractivity contribution in [3.63, 3.8) is 0 Å². The second-order valence-corrected chi connectivity index (χ2v) is 8.49. The summed E-state index contributed by atoms with van der Waals surface area (Å²) in [4.78, 5) is 16.1. The molecule has 4 heterocycles. The maximum absolute atomic E-state index is 11.5. The molecule has 1 amide bonds. The van der Waals surface area contributed by atoms with Gasteiger partial charge in [0.15, 0.2) is 11.5 Å². The summed E-state index contributed by atoms with van der Waals surface area (Å²) in [5, 5.41) is 13.8. The average molecular weight is 368 g/mol. The molecule has 1 atom stereocenters. The number of rotatable bonds is 3. The van der Waals surface area contributed by atoms with Crippen molar-refractivity contribution in [3.05, 3.63) is 23.1 Å². The Morgan fingerprint density at radius 1 is 1.15 bits per heavy atom. The predicted octanol–water partition coefficient (Wildman–Crippen LogP) is 1.66. The molecule has 144 valence electrons. The summed E-state index contributed by atoms with van der Waals surface area (Å²) in [5.41, 5.74) is 3.49. The molecule has 0 radical (unpaired) electrons. The SMILES string of the molecule is CC(=O)N1CCC(CN2CCC(c3nnc4cc5c(nn34)CCC5)CC2)C1. The maximum atomic E-state index is 11.5. The van der Waals surface area contributed by atoms with E-state index in [4.69, 9.17) is 5.10 Å². The van der Waals surface area contributed by atoms with Crippen molar-refractivity contribution in [1.82, 2.24) is 29.6 Å². The molecule has 1 unspecified atom stereocenters. The summed E-state index contributed by atoms with van der Waals surface area (Å²) in [6, 6.07) is 2.18. The highest BCUT2D eigenvalue weighted by molar-refractivity contribution is 5.73. The molecule has 2 aromatic rings. The normalized spacial score (nSPS) is 24.0. The molecule has 0 spiro atoms. The summed E-state index contributed by atoms with van der Waals surface area (Å²) < 4.78 is 2.01. The number of likely N-dealkylation sites (tertiary alicyclic amines) is 2. The van der Waals surface area contributed by atoms with Crippen molar-refractivity contribution in [3.8, 4) is 0 Å². The Labute approximate surface area is 159 Å². The minimum absolute atomic E-state index is 0.217. The van der Waals surface area contributed by atoms with Gasteiger partial charge in [0.25, 0.3) is 0 Å². The van der Waals surface area contributed by atoms with Crippen LogP contribution in [-0.2, 0) is 17.6 Å². The minimum Gasteiger partial charge on any atom is -0.343 e. The molecule has 2 aromatic heterocycles. The first kappa shape index (κ1) is 17.1. The van der Waals surface area contributed by atoms with Crippen LogP contribution in [-0.4, -0.2) is 68.2 Å². The first-order chi connectivity index (χ1) is 13.2. The smallest absolute Gasteiger partial charge is 0.219 e. The topological polar surface area (TPSA) is 66.6 Å². The van der Waals surface area contributed by atoms with E-state index in [2.05, 4.69) is 21.2 Å². The Morgan fingerprint density at radius 2 is 2.00 bits per heavy atom. The summed E-state index contributed by atoms with van der Waals surface area (Å²) in [7, 11) is 0. The fraction of sp³-hybridized carbons (Fsp3) is 0.700. The molecular weight excluding hydrogens is 340 g/mol. The second kappa shape index (κ2) is 6.86. The van der Waals surface area contributed by atoms with E-state index in [-0.39, 0.29) is 5.91 Å². The van der Waals surface area contributed by atoms with Crippen LogP contribution in [0.15, 0.2) is 6.07 Å². The molecule has 5 rings (SSSR count). The predicted molar refractivity (Wildman–Crippen MR) is 102 cm³/mol. The summed E-state index contributed by atoms with van der Waals surface area (Å²) in [6.07, 6.45) is 6.79. The van der Waals surface area contributed by atoms with Crippen LogP contribution in [0.3, 0.4) is 0 Å². The molecule has 0 bridgehead atoms. The monoisotopic (exact) mass is 368 g/mol. The lowest BCUT2D eigenvalue weighted by Crippen LogP contribution is -2.38. The number of carbonyl (C=O) groups excluding carboxylic acids is 1. The lowest BCUT2D eigenvalue weighted by molar-refractivity contribution is -0.127. The van der Waals surface area contributed by atoms with Crippen molar-refractivity contribution in [2.75, 3.05) is 32.7 Å². The van der Waals surface area contributed by atoms with E-state index < -0.39 is 0 Å². The van der Waals surface area contributed by atoms with E-state index in [1.807, 2.05) is 9.42 Å². The largest absolute Gasteiger partial charge is 0.343 e. The van der Waals surface area contributed by atoms with Gasteiger partial charge in [-0.2, -0.15) is 9.61 Å². The molecule has 2 saturated heterocycles. The van der Waals surface area contributed by atoms with Gasteiger partial charge in [-0.25, -0.2) is 0 Å². The zero-order valence-corrected chi connectivity index (χ0v) is 16.1. The van der Waals surface area contributed by atoms with Crippen molar-refractivity contribution in [1.29, 1.82) is 0 Å². The number of fused-ring (bicyclic) bond motifs is 2. The van der Waals surface area contributed by atoms with E-state index in [1.54, 1.807) is 6.92 Å². The maximum Gasteiger partial charge on any atom is 0.219 e. The third-order valence-corrected chi connectivity index (χ3v) is 6.64. The quantitative estimate of drug-likeness (QED) is 0.824. The third kappa shape index (κ3) is 3.22. The van der Waals surface area contributed by atoms with E-state index in [0.717, 1.165) is 76.3 Å². The van der Waals surface area contributed by atoms with Crippen molar-refractivity contribution >= 4 is 11.6 Å². The van der Waals surface area contributed by atoms with E-state index in [0.29, 0.717) is 11.8 Å². The highest BCUT2D eigenvalue weighted by Gasteiger charge is 2.30. The average Bonchev–Trinajstić information content (AvgIpc) is 3.39. The van der Waals surface area contributed by atoms with Gasteiger partial charge < -0.3 is 9.80 Å². The number of hydrogen-bond donors (Lipinski definition) is 0. The van der Waals surface area contributed by atoms with E-state index >= 15 is 0 Å². The van der Waals surface area contributed by atoms with Crippen LogP contribution in [0.25, 0.3) is 5.65 Å². The van der Waals surface area contributed by atoms with Gasteiger partial charge >= 0.3 is 0 Å². The molecule has 0 saturated carbocycles. The van der Waals surface area contributed by atoms with E-state index in [9.17, 15) is 4.79 Å². The van der Waals surface area contributed by atoms with E-state index in [1.165, 1.54) is 17.7 Å². The highest BCUT2D eigenvalue weighted by atomic mass is 16.2. The number of piperidine rings is 1. The standard InChI is InChI=1S/C20H28N6O/c1-14(27)25-10-5-15(13-25)12-24-8-6-16(7-9-24)20-22-21-19-11-17-3-2-4-18(17)23-26(19)20/h11,15-16H,2-10,12-13H2,1H3. The fourth-order valence-corrected chi connectivity index (χ4v) is 5.06. The fourth-order valence-electron chi connectivity index (χ4n) is 5.06. The van der Waals surface area contributed by atoms with Crippen LogP contribution in [0, 0.1) is 5.92 Å². The molecular formula is C20H28N6O. The van der Waals surface area contributed by atoms with Crippen LogP contribution in [0.1, 0.15) is 55.6 Å². The molecule has 7 heteroatoms. The van der Waals surface area contributed by atoms with Crippen LogP contribution >= 0.6 is 0 Å². The van der Waals surface area contributed by atoms with Gasteiger partial charge in [-0.1, -0.05) is 0 Å². The van der Waals surface area contributed by atoms with Gasteiger partial charge in [0.05, 0.1) is 5.69 Å². The molecule has 27 heavy (non-hydrogen) atoms. The van der Waals surface area contributed by atoms with Crippen molar-refractivity contribution in [2.45, 2.75) is 51.4 Å². The Kier molecular flexibility index (Phi) is 4.34. The van der Waals surface area contributed by atoms with Crippen molar-refractivity contribution in [2.24, 2.45) is 5.92 Å². The lowest BCUT2D eigenvalue weighted by atomic mass is 9.95. The van der Waals surface area contributed by atoms with Crippen LogP contribution in [0.5, 0.6) is 0 Å². The number of aromatic nitrogens is 4. The van der Waals surface area contributed by atoms with Gasteiger partial charge in [-0.05, 0) is 69.2 Å². The number of amides is 1. The molecule has 3 aliphatic rings. The van der Waals surface area contributed by atoms with Gasteiger partial charge in [-0.15, -0.1) is 10.2 Å². The summed E-state index contributed by atoms with van der Waals surface area (Å²) >= 11 is 0. The molecule has 2 fully saturated rings. The lowest BCUT2D eigenvalue weighted by Gasteiger charge is -2.32. The molecule has 0 aromatic carbocycles. The molecule has 1 aliphatic carbocycles. The van der Waals surface area contributed by atoms with Crippen molar-refractivity contribution < 1.29 is 4.79 Å². The van der Waals surface area contributed by atoms with Crippen LogP contribution in [0.4, 0.5) is 0 Å². The van der Waals surface area contributed by atoms with Gasteiger partial charge in [0, 0.05) is 32.5 Å². The number of nitrogens with zero attached hydrogens (tertiary/aromatic N) is 6. The first-order valence-corrected chi connectivity index (χ1v) is 10.4. The first-order valence-electron chi connectivity index (χ1n) is 10.4. The van der Waals surface area contributed by atoms with Gasteiger partial charge in [-0.3, -0.25) is 4.79 Å². The number of aryl methyl sites for hydroxylation is 2. The highest BCUT2D eigenvalue weighted by Crippen LogP contribution is 2.29. The summed E-state index contributed by atoms with van der Waals surface area (Å²) in [5.74, 6) is 2.33. The zero-order valence-electron chi connectivity index (χ0n) is 16.1. The minimum atomic E-state index is 0.217. The second-order valence-electron chi connectivity index (χ2n) is 8.49. The number of carbonyl (C=O) groups is 1. The Bertz CT molecular complexity index is 854. The van der Waals surface area contributed by atoms with Crippen LogP contribution < -0.4 is 0 Å². The Morgan fingerprint density at radius 3 is 2.78 bits per heavy atom. The molecule has 7 nitrogen and oxygen atoms in total. The van der Waals surface area contributed by atoms with Gasteiger partial charge in [0.1, 0.15) is 0 Å². The molecule has 0 N–H and O–H groups in total. The zero-order chi connectivity index (χ0) is 18.4. The van der Waals surface area contributed by atoms with Gasteiger partial charge in [0.2, 0.25) is 5.91 Å². The molecule has 2 aliphatic heterocycles. The number of hydrogen-bond acceptors (Lipinski definition) is 5. The van der Waals surface area contributed by atoms with Crippen LogP contribution in [0.2, 0.25) is 0 Å². The Hall–Kier alpha value is -2.02. The summed E-state index contributed by atoms with van der Waals surface area (Å²) in [6.45, 7) is 6.85. The Balaban J connectivity index is 1.22.